The van der Waals surface area contributed by atoms with E-state index in [-0.39, 0.29) is 11.3 Å². The summed E-state index contributed by atoms with van der Waals surface area (Å²) in [5.41, 5.74) is 5.53. The van der Waals surface area contributed by atoms with Gasteiger partial charge in [-0.2, -0.15) is 0 Å². The highest BCUT2D eigenvalue weighted by Crippen LogP contribution is 2.36. The zero-order valence-electron chi connectivity index (χ0n) is 13.4. The zero-order chi connectivity index (χ0) is 15.0. The minimum Gasteiger partial charge on any atom is -0.338 e. The molecule has 0 spiro atoms. The predicted molar refractivity (Wildman–Crippen MR) is 86.5 cm³/mol. The largest absolute Gasteiger partial charge is 0.338 e. The third kappa shape index (κ3) is 3.20. The first-order valence-electron chi connectivity index (χ1n) is 8.05. The van der Waals surface area contributed by atoms with Gasteiger partial charge in [0, 0.05) is 18.7 Å². The fourth-order valence-corrected chi connectivity index (χ4v) is 3.04. The standard InChI is InChI=1S/C19H25NO/c1-19(2,3)17-8-6-16(7-9-17)18(21)20-12-10-15(11-13-20)14-4-5-14/h6-9H,4-5,10-13H2,1-3H3. The van der Waals surface area contributed by atoms with Gasteiger partial charge in [0.2, 0.25) is 0 Å². The molecule has 1 aliphatic carbocycles. The Kier molecular flexibility index (Phi) is 3.64. The summed E-state index contributed by atoms with van der Waals surface area (Å²) in [5, 5.41) is 0. The summed E-state index contributed by atoms with van der Waals surface area (Å²) >= 11 is 0. The Morgan fingerprint density at radius 1 is 0.905 bits per heavy atom. The topological polar surface area (TPSA) is 20.3 Å². The first-order chi connectivity index (χ1) is 9.95. The van der Waals surface area contributed by atoms with Crippen LogP contribution in [0.25, 0.3) is 0 Å². The number of carbonyl (C=O) groups excluding carboxylic acids is 1. The van der Waals surface area contributed by atoms with Crippen molar-refractivity contribution in [1.82, 2.24) is 4.90 Å². The van der Waals surface area contributed by atoms with Crippen LogP contribution in [0.5, 0.6) is 0 Å². The Balaban J connectivity index is 1.67. The first kappa shape index (κ1) is 14.4. The van der Waals surface area contributed by atoms with Gasteiger partial charge in [0.05, 0.1) is 0 Å². The van der Waals surface area contributed by atoms with Crippen LogP contribution in [-0.4, -0.2) is 23.9 Å². The van der Waals surface area contributed by atoms with E-state index < -0.39 is 0 Å². The quantitative estimate of drug-likeness (QED) is 0.703. The number of nitrogens with zero attached hydrogens (tertiary/aromatic N) is 1. The zero-order valence-corrected chi connectivity index (χ0v) is 13.4. The summed E-state index contributed by atoms with van der Waals surface area (Å²) in [6.07, 6.45) is 4.78. The molecule has 21 heavy (non-hydrogen) atoms. The van der Waals surface area contributed by atoms with Crippen molar-refractivity contribution in [3.05, 3.63) is 46.5 Å². The highest BCUT2D eigenvalue weighted by Gasteiger charge is 2.25. The van der Waals surface area contributed by atoms with Crippen molar-refractivity contribution in [3.63, 3.8) is 0 Å². The van der Waals surface area contributed by atoms with Crippen LogP contribution in [0.1, 0.15) is 62.4 Å². The van der Waals surface area contributed by atoms with E-state index >= 15 is 0 Å². The molecule has 1 amide bonds. The van der Waals surface area contributed by atoms with Crippen molar-refractivity contribution in [2.24, 2.45) is 0 Å². The van der Waals surface area contributed by atoms with E-state index in [9.17, 15) is 4.79 Å². The smallest absolute Gasteiger partial charge is 0.253 e. The van der Waals surface area contributed by atoms with Gasteiger partial charge in [0.25, 0.3) is 5.91 Å². The number of benzene rings is 1. The second-order valence-electron chi connectivity index (χ2n) is 7.33. The highest BCUT2D eigenvalue weighted by atomic mass is 16.2. The average Bonchev–Trinajstić information content (AvgIpc) is 3.31. The van der Waals surface area contributed by atoms with Crippen molar-refractivity contribution in [1.29, 1.82) is 0 Å². The lowest BCUT2D eigenvalue weighted by Gasteiger charge is -2.29. The SMILES string of the molecule is CC(C)(C)c1ccc(C(=O)N2CCC(=C3CC3)CC2)cc1. The lowest BCUT2D eigenvalue weighted by molar-refractivity contribution is 0.0743. The molecule has 2 fully saturated rings. The van der Waals surface area contributed by atoms with E-state index in [0.717, 1.165) is 31.5 Å². The maximum atomic E-state index is 12.6. The van der Waals surface area contributed by atoms with Crippen LogP contribution in [0.3, 0.4) is 0 Å². The van der Waals surface area contributed by atoms with Crippen LogP contribution in [0, 0.1) is 0 Å². The predicted octanol–water partition coefficient (Wildman–Crippen LogP) is 4.31. The maximum Gasteiger partial charge on any atom is 0.253 e. The van der Waals surface area contributed by atoms with Crippen molar-refractivity contribution < 1.29 is 4.79 Å². The number of hydrogen-bond acceptors (Lipinski definition) is 1. The molecule has 0 N–H and O–H groups in total. The molecule has 1 aromatic rings. The van der Waals surface area contributed by atoms with Crippen LogP contribution < -0.4 is 0 Å². The Morgan fingerprint density at radius 3 is 1.90 bits per heavy atom. The van der Waals surface area contributed by atoms with Crippen LogP contribution >= 0.6 is 0 Å². The van der Waals surface area contributed by atoms with Gasteiger partial charge in [-0.3, -0.25) is 4.79 Å². The number of piperidine rings is 1. The molecule has 3 rings (SSSR count). The molecular formula is C19H25NO. The van der Waals surface area contributed by atoms with Gasteiger partial charge in [0.15, 0.2) is 0 Å². The van der Waals surface area contributed by atoms with E-state index in [1.807, 2.05) is 17.0 Å². The number of likely N-dealkylation sites (tertiary alicyclic amines) is 1. The van der Waals surface area contributed by atoms with Crippen LogP contribution in [-0.2, 0) is 5.41 Å². The van der Waals surface area contributed by atoms with Gasteiger partial charge >= 0.3 is 0 Å². The Bertz CT molecular complexity index is 559. The third-order valence-corrected chi connectivity index (χ3v) is 4.65. The lowest BCUT2D eigenvalue weighted by Crippen LogP contribution is -2.36. The van der Waals surface area contributed by atoms with Gasteiger partial charge in [-0.1, -0.05) is 44.1 Å². The summed E-state index contributed by atoms with van der Waals surface area (Å²) < 4.78 is 0. The molecule has 1 heterocycles. The number of amides is 1. The maximum absolute atomic E-state index is 12.6. The number of hydrogen-bond donors (Lipinski definition) is 0. The van der Waals surface area contributed by atoms with Crippen molar-refractivity contribution in [2.45, 2.75) is 51.9 Å². The summed E-state index contributed by atoms with van der Waals surface area (Å²) in [5.74, 6) is 0.190. The summed E-state index contributed by atoms with van der Waals surface area (Å²) in [7, 11) is 0. The first-order valence-corrected chi connectivity index (χ1v) is 8.05. The minimum atomic E-state index is 0.137. The molecule has 1 saturated heterocycles. The fraction of sp³-hybridized carbons (Fsp3) is 0.526. The van der Waals surface area contributed by atoms with Crippen molar-refractivity contribution >= 4 is 5.91 Å². The normalized spacial score (nSPS) is 18.9. The van der Waals surface area contributed by atoms with Crippen molar-refractivity contribution in [2.75, 3.05) is 13.1 Å². The monoisotopic (exact) mass is 283 g/mol. The molecular weight excluding hydrogens is 258 g/mol. The minimum absolute atomic E-state index is 0.137. The number of allylic oxidation sites excluding steroid dienone is 1. The summed E-state index contributed by atoms with van der Waals surface area (Å²) in [6.45, 7) is 8.36. The van der Waals surface area contributed by atoms with E-state index in [1.54, 1.807) is 11.1 Å². The van der Waals surface area contributed by atoms with E-state index in [4.69, 9.17) is 0 Å². The van der Waals surface area contributed by atoms with E-state index in [1.165, 1.54) is 18.4 Å². The Labute approximate surface area is 127 Å². The van der Waals surface area contributed by atoms with Gasteiger partial charge in [-0.25, -0.2) is 0 Å². The summed E-state index contributed by atoms with van der Waals surface area (Å²) in [6, 6.07) is 8.15. The number of carbonyl (C=O) groups is 1. The molecule has 0 atom stereocenters. The number of rotatable bonds is 1. The second kappa shape index (κ2) is 5.32. The molecule has 0 bridgehead atoms. The molecule has 1 saturated carbocycles. The van der Waals surface area contributed by atoms with E-state index in [2.05, 4.69) is 32.9 Å². The van der Waals surface area contributed by atoms with Gasteiger partial charge in [-0.15, -0.1) is 0 Å². The lowest BCUT2D eigenvalue weighted by atomic mass is 9.86. The third-order valence-electron chi connectivity index (χ3n) is 4.65. The molecule has 0 radical (unpaired) electrons. The molecule has 2 aliphatic rings. The molecule has 2 heteroatoms. The Hall–Kier alpha value is -1.57. The Morgan fingerprint density at radius 2 is 1.43 bits per heavy atom. The van der Waals surface area contributed by atoms with Gasteiger partial charge in [0.1, 0.15) is 0 Å². The van der Waals surface area contributed by atoms with Crippen molar-refractivity contribution in [3.8, 4) is 0 Å². The van der Waals surface area contributed by atoms with Crippen LogP contribution in [0.2, 0.25) is 0 Å². The molecule has 0 aromatic heterocycles. The molecule has 2 nitrogen and oxygen atoms in total. The summed E-state index contributed by atoms with van der Waals surface area (Å²) in [4.78, 5) is 14.6. The van der Waals surface area contributed by atoms with Crippen LogP contribution in [0.15, 0.2) is 35.4 Å². The molecule has 1 aromatic carbocycles. The second-order valence-corrected chi connectivity index (χ2v) is 7.33. The van der Waals surface area contributed by atoms with Crippen LogP contribution in [0.4, 0.5) is 0 Å². The van der Waals surface area contributed by atoms with E-state index in [0.29, 0.717) is 0 Å². The van der Waals surface area contributed by atoms with Gasteiger partial charge in [-0.05, 0) is 48.8 Å². The fourth-order valence-electron chi connectivity index (χ4n) is 3.04. The van der Waals surface area contributed by atoms with Gasteiger partial charge < -0.3 is 4.90 Å². The highest BCUT2D eigenvalue weighted by molar-refractivity contribution is 5.94. The molecule has 1 aliphatic heterocycles. The molecule has 112 valence electrons. The molecule has 0 unspecified atom stereocenters. The average molecular weight is 283 g/mol.